The van der Waals surface area contributed by atoms with Crippen molar-refractivity contribution in [2.75, 3.05) is 24.6 Å². The number of amidine groups is 1. The van der Waals surface area contributed by atoms with Crippen LogP contribution in [0.1, 0.15) is 51.7 Å². The summed E-state index contributed by atoms with van der Waals surface area (Å²) in [5.41, 5.74) is -1.03. The van der Waals surface area contributed by atoms with Gasteiger partial charge in [0.15, 0.2) is 33.3 Å². The van der Waals surface area contributed by atoms with Crippen molar-refractivity contribution in [3.05, 3.63) is 72.8 Å². The number of nitrogens with zero attached hydrogens (tertiary/aromatic N) is 4. The van der Waals surface area contributed by atoms with E-state index in [1.807, 2.05) is 0 Å². The molecular weight excluding hydrogens is 641 g/mol. The number of halogens is 6. The Hall–Kier alpha value is -3.63. The zero-order valence-electron chi connectivity index (χ0n) is 22.0. The number of carboxylic acid groups (broad SMARTS) is 1. The molecule has 1 aromatic carbocycles. The van der Waals surface area contributed by atoms with Crippen LogP contribution in [0.15, 0.2) is 40.0 Å². The summed E-state index contributed by atoms with van der Waals surface area (Å²) in [4.78, 5) is 37.9. The number of hydrogen-bond acceptors (Lipinski definition) is 10. The SMILES string of the molecule is CCOC(=O)C1=C(C2CCN(c3nc(C(F)(F)F)c(C(=O)O)s3)CC2)NC(c2nccs2)=NC1c1ccc(F)c(F)c1Cl. The minimum Gasteiger partial charge on any atom is -0.477 e. The molecule has 1 fully saturated rings. The monoisotopic (exact) mass is 661 g/mol. The Labute approximate surface area is 253 Å². The predicted molar refractivity (Wildman–Crippen MR) is 149 cm³/mol. The molecule has 17 heteroatoms. The minimum atomic E-state index is -4.94. The fourth-order valence-corrected chi connectivity index (χ4v) is 6.71. The number of benzene rings is 1. The van der Waals surface area contributed by atoms with Crippen molar-refractivity contribution in [1.82, 2.24) is 15.3 Å². The number of ether oxygens (including phenoxy) is 1. The molecule has 5 rings (SSSR count). The van der Waals surface area contributed by atoms with Crippen LogP contribution in [-0.2, 0) is 15.7 Å². The second kappa shape index (κ2) is 12.2. The van der Waals surface area contributed by atoms with E-state index in [4.69, 9.17) is 16.3 Å². The molecule has 0 amide bonds. The fourth-order valence-electron chi connectivity index (χ4n) is 4.89. The molecule has 0 bridgehead atoms. The van der Waals surface area contributed by atoms with E-state index in [1.54, 1.807) is 23.4 Å². The fraction of sp³-hybridized carbons (Fsp3) is 0.346. The van der Waals surface area contributed by atoms with Crippen LogP contribution in [0, 0.1) is 17.6 Å². The average Bonchev–Trinajstić information content (AvgIpc) is 3.67. The van der Waals surface area contributed by atoms with Gasteiger partial charge in [0.2, 0.25) is 0 Å². The van der Waals surface area contributed by atoms with E-state index >= 15 is 0 Å². The Morgan fingerprint density at radius 1 is 1.23 bits per heavy atom. The van der Waals surface area contributed by atoms with Crippen molar-refractivity contribution in [1.29, 1.82) is 0 Å². The van der Waals surface area contributed by atoms with Crippen LogP contribution in [0.5, 0.6) is 0 Å². The summed E-state index contributed by atoms with van der Waals surface area (Å²) >= 11 is 7.90. The van der Waals surface area contributed by atoms with Gasteiger partial charge in [-0.1, -0.05) is 29.0 Å². The normalized spacial score (nSPS) is 18.0. The Morgan fingerprint density at radius 3 is 2.53 bits per heavy atom. The number of piperidine rings is 1. The van der Waals surface area contributed by atoms with Crippen LogP contribution in [0.2, 0.25) is 5.02 Å². The number of esters is 1. The molecule has 0 aliphatic carbocycles. The molecule has 1 unspecified atom stereocenters. The number of aromatic carboxylic acids is 1. The molecule has 43 heavy (non-hydrogen) atoms. The number of alkyl halides is 3. The lowest BCUT2D eigenvalue weighted by molar-refractivity contribution is -0.141. The van der Waals surface area contributed by atoms with E-state index in [1.165, 1.54) is 17.4 Å². The lowest BCUT2D eigenvalue weighted by Crippen LogP contribution is -2.41. The van der Waals surface area contributed by atoms with Gasteiger partial charge in [0.25, 0.3) is 0 Å². The zero-order valence-corrected chi connectivity index (χ0v) is 24.4. The maximum atomic E-state index is 14.6. The molecule has 4 heterocycles. The Balaban J connectivity index is 1.53. The molecule has 2 N–H and O–H groups in total. The summed E-state index contributed by atoms with van der Waals surface area (Å²) in [5, 5.41) is 14.0. The number of anilines is 1. The summed E-state index contributed by atoms with van der Waals surface area (Å²) in [6.07, 6.45) is -2.79. The lowest BCUT2D eigenvalue weighted by Gasteiger charge is -2.36. The highest BCUT2D eigenvalue weighted by molar-refractivity contribution is 7.17. The largest absolute Gasteiger partial charge is 0.477 e. The van der Waals surface area contributed by atoms with Crippen LogP contribution in [-0.4, -0.2) is 52.5 Å². The summed E-state index contributed by atoms with van der Waals surface area (Å²) in [7, 11) is 0. The van der Waals surface area contributed by atoms with Crippen molar-refractivity contribution < 1.29 is 41.4 Å². The molecule has 2 aliphatic heterocycles. The molecule has 9 nitrogen and oxygen atoms in total. The second-order valence-electron chi connectivity index (χ2n) is 9.39. The van der Waals surface area contributed by atoms with E-state index in [0.29, 0.717) is 34.9 Å². The van der Waals surface area contributed by atoms with Crippen LogP contribution < -0.4 is 10.2 Å². The van der Waals surface area contributed by atoms with Gasteiger partial charge in [0.05, 0.1) is 17.2 Å². The van der Waals surface area contributed by atoms with Gasteiger partial charge in [-0.3, -0.25) is 4.99 Å². The highest BCUT2D eigenvalue weighted by atomic mass is 35.5. The van der Waals surface area contributed by atoms with Gasteiger partial charge in [0.1, 0.15) is 10.9 Å². The number of carbonyl (C=O) groups is 2. The van der Waals surface area contributed by atoms with Gasteiger partial charge in [-0.05, 0) is 25.8 Å². The maximum Gasteiger partial charge on any atom is 0.435 e. The lowest BCUT2D eigenvalue weighted by atomic mass is 9.85. The molecule has 2 aromatic heterocycles. The molecule has 228 valence electrons. The number of nitrogens with one attached hydrogen (secondary N) is 1. The van der Waals surface area contributed by atoms with Crippen molar-refractivity contribution in [3.8, 4) is 0 Å². The third kappa shape index (κ3) is 6.08. The number of aliphatic imine (C=N–C) groups is 1. The van der Waals surface area contributed by atoms with Crippen molar-refractivity contribution >= 4 is 57.2 Å². The Kier molecular flexibility index (Phi) is 8.72. The van der Waals surface area contributed by atoms with E-state index in [2.05, 4.69) is 20.3 Å². The maximum absolute atomic E-state index is 14.6. The van der Waals surface area contributed by atoms with Gasteiger partial charge in [-0.2, -0.15) is 13.2 Å². The third-order valence-corrected chi connectivity index (χ3v) is 9.09. The van der Waals surface area contributed by atoms with Gasteiger partial charge in [-0.15, -0.1) is 11.3 Å². The Morgan fingerprint density at radius 2 is 1.95 bits per heavy atom. The molecular formula is C26H21ClF5N5O4S2. The van der Waals surface area contributed by atoms with Gasteiger partial charge >= 0.3 is 18.1 Å². The molecule has 1 atom stereocenters. The topological polar surface area (TPSA) is 117 Å². The van der Waals surface area contributed by atoms with E-state index in [-0.39, 0.29) is 41.8 Å². The quantitative estimate of drug-likeness (QED) is 0.178. The first-order chi connectivity index (χ1) is 20.4. The first-order valence-corrected chi connectivity index (χ1v) is 14.8. The number of rotatable bonds is 7. The smallest absolute Gasteiger partial charge is 0.435 e. The summed E-state index contributed by atoms with van der Waals surface area (Å²) in [6, 6.07) is 0.924. The Bertz CT molecular complexity index is 1620. The van der Waals surface area contributed by atoms with Crippen LogP contribution >= 0.6 is 34.3 Å². The van der Waals surface area contributed by atoms with E-state index < -0.39 is 57.3 Å². The number of carbonyl (C=O) groups excluding carboxylic acids is 1. The number of hydrogen-bond donors (Lipinski definition) is 2. The zero-order chi connectivity index (χ0) is 31.1. The minimum absolute atomic E-state index is 0.00678. The summed E-state index contributed by atoms with van der Waals surface area (Å²) < 4.78 is 74.1. The van der Waals surface area contributed by atoms with Gasteiger partial charge in [-0.25, -0.2) is 28.3 Å². The van der Waals surface area contributed by atoms with Crippen molar-refractivity contribution in [2.24, 2.45) is 10.9 Å². The molecule has 0 saturated carbocycles. The predicted octanol–water partition coefficient (Wildman–Crippen LogP) is 6.07. The first-order valence-electron chi connectivity index (χ1n) is 12.8. The van der Waals surface area contributed by atoms with Gasteiger partial charge < -0.3 is 20.1 Å². The molecule has 0 radical (unpaired) electrons. The van der Waals surface area contributed by atoms with Gasteiger partial charge in [0, 0.05) is 41.8 Å². The number of thiazole rings is 2. The van der Waals surface area contributed by atoms with Crippen molar-refractivity contribution in [2.45, 2.75) is 32.0 Å². The molecule has 0 spiro atoms. The van der Waals surface area contributed by atoms with Crippen LogP contribution in [0.25, 0.3) is 0 Å². The summed E-state index contributed by atoms with van der Waals surface area (Å²) in [5.74, 6) is -5.11. The third-order valence-electron chi connectivity index (χ3n) is 6.82. The summed E-state index contributed by atoms with van der Waals surface area (Å²) in [6.45, 7) is 1.96. The van der Waals surface area contributed by atoms with Crippen LogP contribution in [0.3, 0.4) is 0 Å². The average molecular weight is 662 g/mol. The van der Waals surface area contributed by atoms with Crippen molar-refractivity contribution in [3.63, 3.8) is 0 Å². The second-order valence-corrected chi connectivity index (χ2v) is 11.6. The van der Waals surface area contributed by atoms with E-state index in [9.17, 15) is 36.6 Å². The molecule has 1 saturated heterocycles. The highest BCUT2D eigenvalue weighted by Crippen LogP contribution is 2.42. The molecule has 2 aliphatic rings. The standard InChI is InChI=1S/C26H21ClF5N5O4S2/c1-2-41-24(40)14-17(11-5-8-37(9-6-11)25-36-20(26(30,31)32)19(43-25)23(38)39)34-21(22-33-7-10-42-22)35-18(14)12-3-4-13(28)16(29)15(12)27/h3-4,7,10-11,18H,2,5-6,8-9H2,1H3,(H,34,35)(H,38,39). The molecule has 3 aromatic rings. The number of allylic oxidation sites excluding steroid dienone is 1. The van der Waals surface area contributed by atoms with Crippen LogP contribution in [0.4, 0.5) is 27.1 Å². The number of carboxylic acids is 1. The first kappa shape index (κ1) is 30.8. The number of aromatic nitrogens is 2. The highest BCUT2D eigenvalue weighted by Gasteiger charge is 2.42. The van der Waals surface area contributed by atoms with E-state index in [0.717, 1.165) is 6.07 Å².